The maximum absolute atomic E-state index is 13.5. The van der Waals surface area contributed by atoms with Crippen molar-refractivity contribution in [2.75, 3.05) is 52.9 Å². The number of nitrogens with zero attached hydrogens (tertiary/aromatic N) is 1. The standard InChI is InChI=1S/C26H27F2NO8/c1-17(2)25(30)36-12-10-34-8-6-32-5-7-33-9-11-35-23-4-3-18-15-22(26(31)37-24(18)29-23)19-13-20(27)16-21(28)14-19/h3-4,13-16H,1,5-12H2,2H3. The van der Waals surface area contributed by atoms with E-state index in [-0.39, 0.29) is 49.1 Å². The first-order valence-electron chi connectivity index (χ1n) is 11.4. The molecule has 0 radical (unpaired) electrons. The number of hydrogen-bond donors (Lipinski definition) is 0. The molecule has 0 amide bonds. The van der Waals surface area contributed by atoms with Gasteiger partial charge in [-0.3, -0.25) is 0 Å². The minimum atomic E-state index is -0.796. The van der Waals surface area contributed by atoms with Crippen LogP contribution in [0.2, 0.25) is 0 Å². The van der Waals surface area contributed by atoms with E-state index in [9.17, 15) is 18.4 Å². The molecule has 2 heterocycles. The molecule has 0 aliphatic carbocycles. The lowest BCUT2D eigenvalue weighted by molar-refractivity contribution is -0.140. The number of esters is 1. The second kappa shape index (κ2) is 14.2. The van der Waals surface area contributed by atoms with Crippen LogP contribution in [0.25, 0.3) is 22.2 Å². The SMILES string of the molecule is C=C(C)C(=O)OCCOCCOCCOCCOc1ccc2cc(-c3cc(F)cc(F)c3)c(=O)oc2n1. The normalized spacial score (nSPS) is 11.0. The van der Waals surface area contributed by atoms with E-state index >= 15 is 0 Å². The second-order valence-electron chi connectivity index (χ2n) is 7.75. The Kier molecular flexibility index (Phi) is 10.7. The van der Waals surface area contributed by atoms with E-state index in [1.165, 1.54) is 6.07 Å². The van der Waals surface area contributed by atoms with Gasteiger partial charge in [-0.1, -0.05) is 6.58 Å². The Balaban J connectivity index is 1.32. The fourth-order valence-electron chi connectivity index (χ4n) is 3.04. The van der Waals surface area contributed by atoms with Crippen molar-refractivity contribution < 1.29 is 41.7 Å². The number of benzene rings is 1. The monoisotopic (exact) mass is 519 g/mol. The van der Waals surface area contributed by atoms with E-state index in [0.717, 1.165) is 18.2 Å². The van der Waals surface area contributed by atoms with Crippen LogP contribution >= 0.6 is 0 Å². The fraction of sp³-hybridized carbons (Fsp3) is 0.346. The smallest absolute Gasteiger partial charge is 0.345 e. The van der Waals surface area contributed by atoms with Gasteiger partial charge in [-0.05, 0) is 36.8 Å². The molecule has 0 aliphatic rings. The highest BCUT2D eigenvalue weighted by molar-refractivity contribution is 5.86. The maximum Gasteiger partial charge on any atom is 0.345 e. The van der Waals surface area contributed by atoms with Crippen molar-refractivity contribution in [3.8, 4) is 17.0 Å². The second-order valence-corrected chi connectivity index (χ2v) is 7.75. The van der Waals surface area contributed by atoms with Gasteiger partial charge in [0.25, 0.3) is 0 Å². The fourth-order valence-corrected chi connectivity index (χ4v) is 3.04. The summed E-state index contributed by atoms with van der Waals surface area (Å²) in [5.74, 6) is -1.81. The molecule has 11 heteroatoms. The summed E-state index contributed by atoms with van der Waals surface area (Å²) >= 11 is 0. The molecule has 0 aliphatic heterocycles. The van der Waals surface area contributed by atoms with Crippen LogP contribution in [0.15, 0.2) is 57.8 Å². The minimum Gasteiger partial charge on any atom is -0.475 e. The van der Waals surface area contributed by atoms with E-state index in [2.05, 4.69) is 11.6 Å². The summed E-state index contributed by atoms with van der Waals surface area (Å²) in [6.45, 7) is 7.42. The van der Waals surface area contributed by atoms with Crippen molar-refractivity contribution in [3.05, 3.63) is 70.6 Å². The molecular formula is C26H27F2NO8. The first-order valence-corrected chi connectivity index (χ1v) is 11.4. The molecule has 37 heavy (non-hydrogen) atoms. The number of fused-ring (bicyclic) bond motifs is 1. The molecule has 0 spiro atoms. The molecule has 9 nitrogen and oxygen atoms in total. The number of aromatic nitrogens is 1. The topological polar surface area (TPSA) is 106 Å². The lowest BCUT2D eigenvalue weighted by Crippen LogP contribution is -2.15. The van der Waals surface area contributed by atoms with E-state index in [0.29, 0.717) is 37.4 Å². The third-order valence-corrected chi connectivity index (χ3v) is 4.78. The predicted molar refractivity (Wildman–Crippen MR) is 129 cm³/mol. The van der Waals surface area contributed by atoms with E-state index in [4.69, 9.17) is 28.1 Å². The highest BCUT2D eigenvalue weighted by atomic mass is 19.1. The van der Waals surface area contributed by atoms with Gasteiger partial charge in [0.15, 0.2) is 0 Å². The summed E-state index contributed by atoms with van der Waals surface area (Å²) in [5.41, 5.74) is -0.306. The Bertz CT molecular complexity index is 1260. The molecule has 0 fully saturated rings. The van der Waals surface area contributed by atoms with E-state index < -0.39 is 23.2 Å². The van der Waals surface area contributed by atoms with Gasteiger partial charge in [0.05, 0.1) is 45.2 Å². The minimum absolute atomic E-state index is 0.0210. The highest BCUT2D eigenvalue weighted by Crippen LogP contribution is 2.23. The van der Waals surface area contributed by atoms with Crippen LogP contribution in [0.5, 0.6) is 5.88 Å². The Hall–Kier alpha value is -3.67. The summed E-state index contributed by atoms with van der Waals surface area (Å²) < 4.78 is 58.7. The average Bonchev–Trinajstić information content (AvgIpc) is 2.85. The number of carbonyl (C=O) groups excluding carboxylic acids is 1. The van der Waals surface area contributed by atoms with Crippen molar-refractivity contribution in [2.24, 2.45) is 0 Å². The maximum atomic E-state index is 13.5. The molecule has 0 N–H and O–H groups in total. The molecule has 198 valence electrons. The molecular weight excluding hydrogens is 492 g/mol. The summed E-state index contributed by atoms with van der Waals surface area (Å²) in [6.07, 6.45) is 0. The first kappa shape index (κ1) is 27.9. The Morgan fingerprint density at radius 1 is 0.892 bits per heavy atom. The van der Waals surface area contributed by atoms with Crippen LogP contribution in [0, 0.1) is 11.6 Å². The van der Waals surface area contributed by atoms with Gasteiger partial charge in [-0.25, -0.2) is 18.4 Å². The molecule has 0 saturated carbocycles. The van der Waals surface area contributed by atoms with Crippen LogP contribution in [0.4, 0.5) is 8.78 Å². The van der Waals surface area contributed by atoms with Gasteiger partial charge in [-0.2, -0.15) is 4.98 Å². The number of rotatable bonds is 15. The molecule has 2 aromatic heterocycles. The quantitative estimate of drug-likeness (QED) is 0.169. The summed E-state index contributed by atoms with van der Waals surface area (Å²) in [7, 11) is 0. The summed E-state index contributed by atoms with van der Waals surface area (Å²) in [4.78, 5) is 27.7. The van der Waals surface area contributed by atoms with E-state index in [1.54, 1.807) is 19.1 Å². The highest BCUT2D eigenvalue weighted by Gasteiger charge is 2.12. The van der Waals surface area contributed by atoms with Gasteiger partial charge in [0.1, 0.15) is 24.8 Å². The number of halogens is 2. The predicted octanol–water partition coefficient (Wildman–Crippen LogP) is 3.68. The molecule has 1 aromatic carbocycles. The Morgan fingerprint density at radius 3 is 2.11 bits per heavy atom. The number of ether oxygens (including phenoxy) is 5. The summed E-state index contributed by atoms with van der Waals surface area (Å²) in [6, 6.07) is 7.50. The van der Waals surface area contributed by atoms with Crippen LogP contribution in [-0.2, 0) is 23.7 Å². The number of pyridine rings is 1. The van der Waals surface area contributed by atoms with Crippen molar-refractivity contribution in [1.29, 1.82) is 0 Å². The van der Waals surface area contributed by atoms with Gasteiger partial charge >= 0.3 is 11.6 Å². The molecule has 0 saturated heterocycles. The van der Waals surface area contributed by atoms with Gasteiger partial charge in [0.2, 0.25) is 11.6 Å². The molecule has 3 aromatic rings. The van der Waals surface area contributed by atoms with Crippen molar-refractivity contribution in [2.45, 2.75) is 6.92 Å². The number of carbonyl (C=O) groups is 1. The van der Waals surface area contributed by atoms with Crippen LogP contribution < -0.4 is 10.4 Å². The third kappa shape index (κ3) is 9.05. The van der Waals surface area contributed by atoms with Crippen molar-refractivity contribution in [1.82, 2.24) is 4.98 Å². The first-order chi connectivity index (χ1) is 17.8. The molecule has 0 bridgehead atoms. The molecule has 0 unspecified atom stereocenters. The summed E-state index contributed by atoms with van der Waals surface area (Å²) in [5, 5.41) is 0.469. The van der Waals surface area contributed by atoms with Gasteiger partial charge < -0.3 is 28.1 Å². The third-order valence-electron chi connectivity index (χ3n) is 4.78. The van der Waals surface area contributed by atoms with Crippen LogP contribution in [0.1, 0.15) is 6.92 Å². The van der Waals surface area contributed by atoms with Gasteiger partial charge in [-0.15, -0.1) is 0 Å². The Labute approximate surface area is 211 Å². The van der Waals surface area contributed by atoms with Crippen LogP contribution in [-0.4, -0.2) is 63.8 Å². The largest absolute Gasteiger partial charge is 0.475 e. The average molecular weight is 519 g/mol. The van der Waals surface area contributed by atoms with E-state index in [1.807, 2.05) is 0 Å². The lowest BCUT2D eigenvalue weighted by atomic mass is 10.1. The number of hydrogen-bond acceptors (Lipinski definition) is 9. The van der Waals surface area contributed by atoms with Gasteiger partial charge in [0, 0.05) is 23.1 Å². The Morgan fingerprint density at radius 2 is 1.49 bits per heavy atom. The van der Waals surface area contributed by atoms with Crippen LogP contribution in [0.3, 0.4) is 0 Å². The molecule has 3 rings (SSSR count). The zero-order valence-electron chi connectivity index (χ0n) is 20.3. The van der Waals surface area contributed by atoms with Crippen molar-refractivity contribution >= 4 is 17.1 Å². The zero-order chi connectivity index (χ0) is 26.6. The molecule has 0 atom stereocenters. The lowest BCUT2D eigenvalue weighted by Gasteiger charge is -2.08. The zero-order valence-corrected chi connectivity index (χ0v) is 20.3. The van der Waals surface area contributed by atoms with Crippen molar-refractivity contribution in [3.63, 3.8) is 0 Å².